The Labute approximate surface area is 62.3 Å². The minimum absolute atomic E-state index is 0.105. The average molecular weight is 191 g/mol. The predicted octanol–water partition coefficient (Wildman–Crippen LogP) is 1.41. The standard InChI is InChI=1S/C6H12AsO2/c1-2-3-4-7-5-6(8)9/h2-5H2,1H3,(H,8,9). The van der Waals surface area contributed by atoms with Crippen molar-refractivity contribution in [1.29, 1.82) is 0 Å². The molecule has 0 saturated heterocycles. The molecule has 0 unspecified atom stereocenters. The first-order valence-electron chi connectivity index (χ1n) is 3.12. The van der Waals surface area contributed by atoms with Crippen molar-refractivity contribution in [2.45, 2.75) is 30.2 Å². The van der Waals surface area contributed by atoms with Crippen LogP contribution in [0.2, 0.25) is 10.4 Å². The SMILES string of the molecule is CCCC[As]CC(=O)O. The molecule has 1 N–H and O–H groups in total. The van der Waals surface area contributed by atoms with Crippen LogP contribution in [0.4, 0.5) is 0 Å². The second-order valence-electron chi connectivity index (χ2n) is 1.85. The van der Waals surface area contributed by atoms with Gasteiger partial charge in [-0.15, -0.1) is 0 Å². The number of hydrogen-bond acceptors (Lipinski definition) is 1. The molecule has 0 spiro atoms. The van der Waals surface area contributed by atoms with Gasteiger partial charge in [0.25, 0.3) is 0 Å². The van der Waals surface area contributed by atoms with Crippen molar-refractivity contribution in [1.82, 2.24) is 0 Å². The van der Waals surface area contributed by atoms with E-state index in [0.717, 1.165) is 5.21 Å². The first-order valence-corrected chi connectivity index (χ1v) is 5.77. The fourth-order valence-corrected chi connectivity index (χ4v) is 2.31. The van der Waals surface area contributed by atoms with Crippen LogP contribution in [-0.2, 0) is 4.79 Å². The van der Waals surface area contributed by atoms with Crippen LogP contribution in [0.5, 0.6) is 0 Å². The molecule has 0 heterocycles. The van der Waals surface area contributed by atoms with E-state index in [1.54, 1.807) is 0 Å². The van der Waals surface area contributed by atoms with Crippen LogP contribution in [0.15, 0.2) is 0 Å². The first kappa shape index (κ1) is 9.03. The van der Waals surface area contributed by atoms with Crippen molar-refractivity contribution in [3.63, 3.8) is 0 Å². The molecule has 0 aromatic rings. The topological polar surface area (TPSA) is 37.3 Å². The summed E-state index contributed by atoms with van der Waals surface area (Å²) in [7, 11) is 0. The van der Waals surface area contributed by atoms with Crippen LogP contribution in [0.25, 0.3) is 0 Å². The van der Waals surface area contributed by atoms with Crippen LogP contribution in [0.1, 0.15) is 19.8 Å². The third-order valence-electron chi connectivity index (χ3n) is 0.917. The van der Waals surface area contributed by atoms with Crippen molar-refractivity contribution < 1.29 is 9.90 Å². The van der Waals surface area contributed by atoms with E-state index in [0.29, 0.717) is 5.21 Å². The molecule has 0 fully saturated rings. The zero-order valence-corrected chi connectivity index (χ0v) is 7.51. The summed E-state index contributed by atoms with van der Waals surface area (Å²) >= 11 is 0.105. The second kappa shape index (κ2) is 6.15. The van der Waals surface area contributed by atoms with Gasteiger partial charge in [-0.05, 0) is 0 Å². The van der Waals surface area contributed by atoms with Crippen LogP contribution >= 0.6 is 0 Å². The summed E-state index contributed by atoms with van der Waals surface area (Å²) in [6.45, 7) is 2.13. The maximum atomic E-state index is 9.99. The molecule has 0 aliphatic heterocycles. The van der Waals surface area contributed by atoms with Crippen LogP contribution in [0, 0.1) is 0 Å². The van der Waals surface area contributed by atoms with Crippen molar-refractivity contribution in [3.8, 4) is 0 Å². The quantitative estimate of drug-likeness (QED) is 0.527. The average Bonchev–Trinajstić information content (AvgIpc) is 1.80. The van der Waals surface area contributed by atoms with Crippen molar-refractivity contribution in [3.05, 3.63) is 0 Å². The summed E-state index contributed by atoms with van der Waals surface area (Å²) in [5, 5.41) is 9.82. The van der Waals surface area contributed by atoms with Gasteiger partial charge in [0.1, 0.15) is 0 Å². The van der Waals surface area contributed by atoms with Gasteiger partial charge in [0.05, 0.1) is 0 Å². The van der Waals surface area contributed by atoms with Gasteiger partial charge in [0.15, 0.2) is 0 Å². The van der Waals surface area contributed by atoms with Crippen LogP contribution in [-0.4, -0.2) is 26.8 Å². The Balaban J connectivity index is 2.83. The Morgan fingerprint density at radius 3 is 2.78 bits per heavy atom. The van der Waals surface area contributed by atoms with Gasteiger partial charge < -0.3 is 0 Å². The number of hydrogen-bond donors (Lipinski definition) is 1. The van der Waals surface area contributed by atoms with E-state index in [-0.39, 0.29) is 15.8 Å². The van der Waals surface area contributed by atoms with E-state index in [1.807, 2.05) is 0 Å². The molecule has 0 aliphatic rings. The molecule has 0 rings (SSSR count). The zero-order valence-electron chi connectivity index (χ0n) is 5.63. The van der Waals surface area contributed by atoms with E-state index in [1.165, 1.54) is 12.8 Å². The van der Waals surface area contributed by atoms with E-state index in [2.05, 4.69) is 6.92 Å². The number of unbranched alkanes of at least 4 members (excludes halogenated alkanes) is 1. The molecule has 2 nitrogen and oxygen atoms in total. The normalized spacial score (nSPS) is 10.8. The summed E-state index contributed by atoms with van der Waals surface area (Å²) in [5.74, 6) is -0.633. The van der Waals surface area contributed by atoms with Gasteiger partial charge in [-0.3, -0.25) is 0 Å². The van der Waals surface area contributed by atoms with Crippen LogP contribution < -0.4 is 0 Å². The third kappa shape index (κ3) is 8.03. The fraction of sp³-hybridized carbons (Fsp3) is 0.833. The van der Waals surface area contributed by atoms with E-state index in [9.17, 15) is 4.79 Å². The zero-order chi connectivity index (χ0) is 7.11. The second-order valence-corrected chi connectivity index (χ2v) is 4.39. The number of carboxylic acids is 1. The molecular weight excluding hydrogens is 179 g/mol. The summed E-state index contributed by atoms with van der Waals surface area (Å²) in [5.41, 5.74) is 0. The molecule has 9 heavy (non-hydrogen) atoms. The van der Waals surface area contributed by atoms with E-state index >= 15 is 0 Å². The molecule has 3 heteroatoms. The van der Waals surface area contributed by atoms with Crippen molar-refractivity contribution in [2.75, 3.05) is 0 Å². The van der Waals surface area contributed by atoms with Crippen molar-refractivity contribution in [2.24, 2.45) is 0 Å². The molecule has 0 saturated carbocycles. The molecule has 0 bridgehead atoms. The van der Waals surface area contributed by atoms with Gasteiger partial charge in [-0.1, -0.05) is 0 Å². The number of carbonyl (C=O) groups is 1. The molecule has 0 aliphatic carbocycles. The van der Waals surface area contributed by atoms with Gasteiger partial charge >= 0.3 is 61.8 Å². The van der Waals surface area contributed by atoms with E-state index in [4.69, 9.17) is 5.11 Å². The Kier molecular flexibility index (Phi) is 6.17. The molecule has 0 aromatic heterocycles. The summed E-state index contributed by atoms with van der Waals surface area (Å²) in [6.07, 6.45) is 2.39. The van der Waals surface area contributed by atoms with Crippen LogP contribution in [0.3, 0.4) is 0 Å². The molecule has 0 aromatic carbocycles. The maximum absolute atomic E-state index is 9.99. The Bertz CT molecular complexity index is 83.1. The monoisotopic (exact) mass is 191 g/mol. The first-order chi connectivity index (χ1) is 4.27. The summed E-state index contributed by atoms with van der Waals surface area (Å²) in [6, 6.07) is 0. The Morgan fingerprint density at radius 1 is 1.67 bits per heavy atom. The molecule has 1 radical (unpaired) electrons. The Morgan fingerprint density at radius 2 is 2.33 bits per heavy atom. The van der Waals surface area contributed by atoms with Gasteiger partial charge in [-0.25, -0.2) is 0 Å². The Hall–Kier alpha value is 0.0284. The molecule has 0 amide bonds. The fourth-order valence-electron chi connectivity index (χ4n) is 0.445. The third-order valence-corrected chi connectivity index (χ3v) is 3.28. The van der Waals surface area contributed by atoms with Gasteiger partial charge in [-0.2, -0.15) is 0 Å². The summed E-state index contributed by atoms with van der Waals surface area (Å²) < 4.78 is 0. The summed E-state index contributed by atoms with van der Waals surface area (Å²) in [4.78, 5) is 9.99. The molecule has 53 valence electrons. The number of carboxylic acid groups (broad SMARTS) is 1. The number of rotatable bonds is 5. The molecule has 0 atom stereocenters. The molecular formula is C6H12AsO2. The van der Waals surface area contributed by atoms with E-state index < -0.39 is 5.97 Å². The van der Waals surface area contributed by atoms with Gasteiger partial charge in [0, 0.05) is 0 Å². The predicted molar refractivity (Wildman–Crippen MR) is 37.9 cm³/mol. The van der Waals surface area contributed by atoms with Crippen molar-refractivity contribution >= 4 is 21.7 Å². The van der Waals surface area contributed by atoms with Gasteiger partial charge in [0.2, 0.25) is 0 Å². The number of aliphatic carboxylic acids is 1. The minimum atomic E-state index is -0.633.